The summed E-state index contributed by atoms with van der Waals surface area (Å²) < 4.78 is 0. The predicted molar refractivity (Wildman–Crippen MR) is 88.6 cm³/mol. The molecule has 0 spiro atoms. The van der Waals surface area contributed by atoms with Gasteiger partial charge in [0.25, 0.3) is 0 Å². The lowest BCUT2D eigenvalue weighted by molar-refractivity contribution is 0.812. The molecule has 1 heterocycles. The zero-order valence-corrected chi connectivity index (χ0v) is 12.7. The number of hydrogen-bond acceptors (Lipinski definition) is 5. The highest BCUT2D eigenvalue weighted by Gasteiger charge is 2.06. The first-order valence-electron chi connectivity index (χ1n) is 7.31. The van der Waals surface area contributed by atoms with E-state index in [2.05, 4.69) is 58.4 Å². The highest BCUT2D eigenvalue weighted by Crippen LogP contribution is 2.17. The minimum Gasteiger partial charge on any atom is -0.383 e. The Labute approximate surface area is 126 Å². The van der Waals surface area contributed by atoms with E-state index in [4.69, 9.17) is 5.73 Å². The van der Waals surface area contributed by atoms with Gasteiger partial charge in [0.1, 0.15) is 18.0 Å². The summed E-state index contributed by atoms with van der Waals surface area (Å²) >= 11 is 0. The Balaban J connectivity index is 1.81. The van der Waals surface area contributed by atoms with Crippen molar-refractivity contribution >= 4 is 17.3 Å². The highest BCUT2D eigenvalue weighted by atomic mass is 15.1. The van der Waals surface area contributed by atoms with Crippen molar-refractivity contribution in [2.45, 2.75) is 19.8 Å². The summed E-state index contributed by atoms with van der Waals surface area (Å²) in [6, 6.07) is 10.4. The molecule has 5 nitrogen and oxygen atoms in total. The van der Waals surface area contributed by atoms with Gasteiger partial charge in [0.2, 0.25) is 0 Å². The van der Waals surface area contributed by atoms with Crippen LogP contribution < -0.4 is 16.0 Å². The number of benzene rings is 1. The number of hydrogen-bond donors (Lipinski definition) is 2. The number of aromatic nitrogens is 2. The third kappa shape index (κ3) is 4.08. The molecule has 0 saturated heterocycles. The van der Waals surface area contributed by atoms with Crippen LogP contribution in [0.2, 0.25) is 0 Å². The van der Waals surface area contributed by atoms with Crippen LogP contribution in [-0.2, 0) is 6.42 Å². The summed E-state index contributed by atoms with van der Waals surface area (Å²) in [6.45, 7) is 3.91. The average Bonchev–Trinajstić information content (AvgIpc) is 2.52. The van der Waals surface area contributed by atoms with E-state index in [1.54, 1.807) is 0 Å². The number of nitrogen functional groups attached to an aromatic ring is 1. The molecule has 0 amide bonds. The SMILES string of the molecule is CCc1c(N)ncnc1NCCCN(C)c1ccccc1. The number of nitrogens with one attached hydrogen (secondary N) is 1. The van der Waals surface area contributed by atoms with Gasteiger partial charge in [0, 0.05) is 31.4 Å². The molecule has 0 saturated carbocycles. The van der Waals surface area contributed by atoms with E-state index < -0.39 is 0 Å². The summed E-state index contributed by atoms with van der Waals surface area (Å²) in [5.41, 5.74) is 8.09. The zero-order valence-electron chi connectivity index (χ0n) is 12.7. The molecule has 0 aliphatic rings. The van der Waals surface area contributed by atoms with E-state index in [1.165, 1.54) is 12.0 Å². The predicted octanol–water partition coefficient (Wildman–Crippen LogP) is 2.56. The van der Waals surface area contributed by atoms with Crippen LogP contribution in [0.15, 0.2) is 36.7 Å². The largest absolute Gasteiger partial charge is 0.383 e. The van der Waals surface area contributed by atoms with Crippen LogP contribution in [0.25, 0.3) is 0 Å². The van der Waals surface area contributed by atoms with Crippen molar-refractivity contribution in [2.24, 2.45) is 0 Å². The molecular formula is C16H23N5. The summed E-state index contributed by atoms with van der Waals surface area (Å²) in [5, 5.41) is 3.35. The summed E-state index contributed by atoms with van der Waals surface area (Å²) in [4.78, 5) is 10.5. The van der Waals surface area contributed by atoms with E-state index in [0.29, 0.717) is 5.82 Å². The van der Waals surface area contributed by atoms with Gasteiger partial charge in [-0.3, -0.25) is 0 Å². The Kier molecular flexibility index (Phi) is 5.37. The molecule has 2 aromatic rings. The van der Waals surface area contributed by atoms with Gasteiger partial charge in [-0.25, -0.2) is 9.97 Å². The van der Waals surface area contributed by atoms with Crippen molar-refractivity contribution < 1.29 is 0 Å². The molecule has 0 radical (unpaired) electrons. The Bertz CT molecular complexity index is 556. The second-order valence-corrected chi connectivity index (χ2v) is 4.98. The van der Waals surface area contributed by atoms with Crippen molar-refractivity contribution in [3.8, 4) is 0 Å². The molecule has 2 rings (SSSR count). The fourth-order valence-electron chi connectivity index (χ4n) is 2.26. The molecule has 0 atom stereocenters. The Hall–Kier alpha value is -2.30. The van der Waals surface area contributed by atoms with E-state index >= 15 is 0 Å². The van der Waals surface area contributed by atoms with Crippen LogP contribution in [0.5, 0.6) is 0 Å². The summed E-state index contributed by atoms with van der Waals surface area (Å²) in [7, 11) is 2.11. The summed E-state index contributed by atoms with van der Waals surface area (Å²) in [6.07, 6.45) is 3.37. The van der Waals surface area contributed by atoms with Crippen molar-refractivity contribution in [1.29, 1.82) is 0 Å². The molecule has 0 aliphatic carbocycles. The smallest absolute Gasteiger partial charge is 0.134 e. The quantitative estimate of drug-likeness (QED) is 0.765. The van der Waals surface area contributed by atoms with Crippen molar-refractivity contribution in [3.63, 3.8) is 0 Å². The Morgan fingerprint density at radius 2 is 1.95 bits per heavy atom. The molecule has 21 heavy (non-hydrogen) atoms. The number of para-hydroxylation sites is 1. The average molecular weight is 285 g/mol. The van der Waals surface area contributed by atoms with E-state index in [-0.39, 0.29) is 0 Å². The van der Waals surface area contributed by atoms with Crippen LogP contribution in [0, 0.1) is 0 Å². The molecule has 0 bridgehead atoms. The first-order valence-corrected chi connectivity index (χ1v) is 7.31. The molecular weight excluding hydrogens is 262 g/mol. The van der Waals surface area contributed by atoms with Gasteiger partial charge in [0.05, 0.1) is 0 Å². The molecule has 1 aromatic heterocycles. The van der Waals surface area contributed by atoms with Crippen molar-refractivity contribution in [2.75, 3.05) is 36.1 Å². The van der Waals surface area contributed by atoms with Gasteiger partial charge < -0.3 is 16.0 Å². The fourth-order valence-corrected chi connectivity index (χ4v) is 2.26. The lowest BCUT2D eigenvalue weighted by Gasteiger charge is -2.19. The highest BCUT2D eigenvalue weighted by molar-refractivity contribution is 5.54. The fraction of sp³-hybridized carbons (Fsp3) is 0.375. The lowest BCUT2D eigenvalue weighted by Crippen LogP contribution is -2.21. The second-order valence-electron chi connectivity index (χ2n) is 4.98. The maximum absolute atomic E-state index is 5.86. The third-order valence-electron chi connectivity index (χ3n) is 3.49. The number of nitrogens with two attached hydrogens (primary N) is 1. The summed E-state index contributed by atoms with van der Waals surface area (Å²) in [5.74, 6) is 1.42. The Morgan fingerprint density at radius 1 is 1.19 bits per heavy atom. The van der Waals surface area contributed by atoms with Crippen LogP contribution >= 0.6 is 0 Å². The van der Waals surface area contributed by atoms with E-state index in [9.17, 15) is 0 Å². The number of nitrogens with zero attached hydrogens (tertiary/aromatic N) is 3. The second kappa shape index (κ2) is 7.47. The standard InChI is InChI=1S/C16H23N5/c1-3-14-15(17)19-12-20-16(14)18-10-7-11-21(2)13-8-5-4-6-9-13/h4-6,8-9,12H,3,7,10-11H2,1-2H3,(H3,17,18,19,20). The minimum atomic E-state index is 0.566. The van der Waals surface area contributed by atoms with Crippen LogP contribution in [0.3, 0.4) is 0 Å². The molecule has 0 aliphatic heterocycles. The van der Waals surface area contributed by atoms with Gasteiger partial charge in [-0.05, 0) is 25.0 Å². The first-order chi connectivity index (χ1) is 10.2. The third-order valence-corrected chi connectivity index (χ3v) is 3.49. The topological polar surface area (TPSA) is 67.1 Å². The van der Waals surface area contributed by atoms with Crippen LogP contribution in [0.1, 0.15) is 18.9 Å². The van der Waals surface area contributed by atoms with Crippen LogP contribution in [-0.4, -0.2) is 30.1 Å². The maximum Gasteiger partial charge on any atom is 0.134 e. The van der Waals surface area contributed by atoms with Gasteiger partial charge in [-0.2, -0.15) is 0 Å². The van der Waals surface area contributed by atoms with Gasteiger partial charge in [-0.1, -0.05) is 25.1 Å². The molecule has 5 heteroatoms. The molecule has 3 N–H and O–H groups in total. The maximum atomic E-state index is 5.86. The Morgan fingerprint density at radius 3 is 2.67 bits per heavy atom. The number of rotatable bonds is 7. The molecule has 1 aromatic carbocycles. The van der Waals surface area contributed by atoms with Gasteiger partial charge in [-0.15, -0.1) is 0 Å². The first kappa shape index (κ1) is 15.1. The van der Waals surface area contributed by atoms with Gasteiger partial charge >= 0.3 is 0 Å². The van der Waals surface area contributed by atoms with E-state index in [0.717, 1.165) is 37.3 Å². The zero-order chi connectivity index (χ0) is 15.1. The van der Waals surface area contributed by atoms with Crippen molar-refractivity contribution in [1.82, 2.24) is 9.97 Å². The van der Waals surface area contributed by atoms with Crippen LogP contribution in [0.4, 0.5) is 17.3 Å². The minimum absolute atomic E-state index is 0.566. The normalized spacial score (nSPS) is 10.4. The molecule has 0 unspecified atom stereocenters. The van der Waals surface area contributed by atoms with E-state index in [1.807, 2.05) is 6.07 Å². The number of anilines is 3. The molecule has 0 fully saturated rings. The molecule has 112 valence electrons. The lowest BCUT2D eigenvalue weighted by atomic mass is 10.2. The monoisotopic (exact) mass is 285 g/mol. The van der Waals surface area contributed by atoms with Gasteiger partial charge in [0.15, 0.2) is 0 Å². The van der Waals surface area contributed by atoms with Crippen molar-refractivity contribution in [3.05, 3.63) is 42.2 Å².